The lowest BCUT2D eigenvalue weighted by molar-refractivity contribution is 0.454. The van der Waals surface area contributed by atoms with E-state index in [9.17, 15) is 0 Å². The van der Waals surface area contributed by atoms with Crippen molar-refractivity contribution < 1.29 is 4.74 Å². The molecule has 2 aromatic rings. The van der Waals surface area contributed by atoms with Crippen LogP contribution in [0.2, 0.25) is 0 Å². The zero-order valence-electron chi connectivity index (χ0n) is 8.14. The molecule has 76 valence electrons. The van der Waals surface area contributed by atoms with Gasteiger partial charge in [0.25, 0.3) is 0 Å². The Bertz CT molecular complexity index is 456. The van der Waals surface area contributed by atoms with Crippen LogP contribution >= 0.6 is 15.9 Å². The molecule has 15 heavy (non-hydrogen) atoms. The van der Waals surface area contributed by atoms with Crippen molar-refractivity contribution in [3.05, 3.63) is 46.6 Å². The molecule has 0 N–H and O–H groups in total. The van der Waals surface area contributed by atoms with Gasteiger partial charge in [0.1, 0.15) is 5.75 Å². The third kappa shape index (κ3) is 2.76. The first kappa shape index (κ1) is 10.1. The van der Waals surface area contributed by atoms with Crippen LogP contribution < -0.4 is 4.74 Å². The predicted octanol–water partition coefficient (Wildman–Crippen LogP) is 3.34. The number of aryl methyl sites for hydroxylation is 1. The number of benzene rings is 1. The van der Waals surface area contributed by atoms with E-state index in [1.165, 1.54) is 0 Å². The van der Waals surface area contributed by atoms with E-state index < -0.39 is 0 Å². The number of aromatic nitrogens is 2. The molecule has 4 heteroatoms. The zero-order chi connectivity index (χ0) is 10.7. The fourth-order valence-electron chi connectivity index (χ4n) is 1.11. The standard InChI is InChI=1S/C11H9BrN2O/c1-8-6-11(14-13-7-8)15-10-4-2-9(12)3-5-10/h2-7H,1H3. The predicted molar refractivity (Wildman–Crippen MR) is 61.0 cm³/mol. The molecule has 0 fully saturated rings. The number of rotatable bonds is 2. The first-order valence-electron chi connectivity index (χ1n) is 4.47. The van der Waals surface area contributed by atoms with Gasteiger partial charge in [-0.2, -0.15) is 5.10 Å². The minimum atomic E-state index is 0.511. The highest BCUT2D eigenvalue weighted by Gasteiger charge is 1.99. The lowest BCUT2D eigenvalue weighted by Crippen LogP contribution is -1.90. The molecule has 0 atom stereocenters. The van der Waals surface area contributed by atoms with Crippen LogP contribution in [0.5, 0.6) is 11.6 Å². The fourth-order valence-corrected chi connectivity index (χ4v) is 1.38. The summed E-state index contributed by atoms with van der Waals surface area (Å²) in [7, 11) is 0. The normalized spacial score (nSPS) is 10.0. The zero-order valence-corrected chi connectivity index (χ0v) is 9.73. The summed E-state index contributed by atoms with van der Waals surface area (Å²) in [6, 6.07) is 9.41. The molecule has 3 nitrogen and oxygen atoms in total. The van der Waals surface area contributed by atoms with Crippen LogP contribution in [0.4, 0.5) is 0 Å². The van der Waals surface area contributed by atoms with Crippen LogP contribution in [-0.2, 0) is 0 Å². The van der Waals surface area contributed by atoms with E-state index >= 15 is 0 Å². The van der Waals surface area contributed by atoms with Crippen molar-refractivity contribution in [2.45, 2.75) is 6.92 Å². The van der Waals surface area contributed by atoms with E-state index in [1.807, 2.05) is 37.3 Å². The molecule has 0 spiro atoms. The summed E-state index contributed by atoms with van der Waals surface area (Å²) in [5.74, 6) is 1.26. The van der Waals surface area contributed by atoms with Crippen molar-refractivity contribution in [1.29, 1.82) is 0 Å². The SMILES string of the molecule is Cc1cnnc(Oc2ccc(Br)cc2)c1. The van der Waals surface area contributed by atoms with E-state index in [-0.39, 0.29) is 0 Å². The first-order chi connectivity index (χ1) is 7.24. The molecule has 2 rings (SSSR count). The molecular formula is C11H9BrN2O. The molecule has 0 saturated heterocycles. The molecular weight excluding hydrogens is 256 g/mol. The number of hydrogen-bond donors (Lipinski definition) is 0. The Morgan fingerprint density at radius 1 is 1.20 bits per heavy atom. The highest BCUT2D eigenvalue weighted by molar-refractivity contribution is 9.10. The van der Waals surface area contributed by atoms with Crippen LogP contribution in [0.25, 0.3) is 0 Å². The number of ether oxygens (including phenoxy) is 1. The van der Waals surface area contributed by atoms with Crippen LogP contribution in [-0.4, -0.2) is 10.2 Å². The number of halogens is 1. The van der Waals surface area contributed by atoms with Crippen LogP contribution in [0, 0.1) is 6.92 Å². The lowest BCUT2D eigenvalue weighted by Gasteiger charge is -2.03. The van der Waals surface area contributed by atoms with Gasteiger partial charge in [-0.05, 0) is 36.8 Å². The van der Waals surface area contributed by atoms with Crippen molar-refractivity contribution in [2.75, 3.05) is 0 Å². The molecule has 0 aliphatic carbocycles. The van der Waals surface area contributed by atoms with Gasteiger partial charge in [0.15, 0.2) is 0 Å². The molecule has 1 heterocycles. The molecule has 0 aliphatic heterocycles. The van der Waals surface area contributed by atoms with Gasteiger partial charge < -0.3 is 4.74 Å². The van der Waals surface area contributed by atoms with Crippen LogP contribution in [0.3, 0.4) is 0 Å². The Labute approximate surface area is 96.2 Å². The summed E-state index contributed by atoms with van der Waals surface area (Å²) in [6.45, 7) is 1.95. The van der Waals surface area contributed by atoms with Crippen LogP contribution in [0.1, 0.15) is 5.56 Å². The molecule has 0 saturated carbocycles. The summed E-state index contributed by atoms with van der Waals surface area (Å²) in [4.78, 5) is 0. The molecule has 0 unspecified atom stereocenters. The molecule has 1 aromatic carbocycles. The summed E-state index contributed by atoms with van der Waals surface area (Å²) in [6.07, 6.45) is 1.69. The summed E-state index contributed by atoms with van der Waals surface area (Å²) in [5.41, 5.74) is 1.03. The van der Waals surface area contributed by atoms with E-state index in [0.717, 1.165) is 15.8 Å². The van der Waals surface area contributed by atoms with Crippen molar-refractivity contribution in [3.8, 4) is 11.6 Å². The summed E-state index contributed by atoms with van der Waals surface area (Å²) < 4.78 is 6.54. The maximum atomic E-state index is 5.52. The quantitative estimate of drug-likeness (QED) is 0.835. The Hall–Kier alpha value is -1.42. The largest absolute Gasteiger partial charge is 0.438 e. The number of nitrogens with zero attached hydrogens (tertiary/aromatic N) is 2. The Kier molecular flexibility index (Phi) is 2.97. The minimum Gasteiger partial charge on any atom is -0.438 e. The Morgan fingerprint density at radius 2 is 1.93 bits per heavy atom. The van der Waals surface area contributed by atoms with Gasteiger partial charge in [-0.1, -0.05) is 15.9 Å². The molecule has 0 aliphatic rings. The topological polar surface area (TPSA) is 35.0 Å². The average molecular weight is 265 g/mol. The average Bonchev–Trinajstić information content (AvgIpc) is 2.22. The second-order valence-electron chi connectivity index (χ2n) is 3.13. The molecule has 0 bridgehead atoms. The van der Waals surface area contributed by atoms with E-state index in [4.69, 9.17) is 4.74 Å². The molecule has 1 aromatic heterocycles. The van der Waals surface area contributed by atoms with Gasteiger partial charge in [-0.15, -0.1) is 5.10 Å². The Balaban J connectivity index is 2.18. The van der Waals surface area contributed by atoms with Gasteiger partial charge in [0.2, 0.25) is 5.88 Å². The van der Waals surface area contributed by atoms with E-state index in [0.29, 0.717) is 5.88 Å². The van der Waals surface area contributed by atoms with Gasteiger partial charge in [-0.25, -0.2) is 0 Å². The lowest BCUT2D eigenvalue weighted by atomic mass is 10.3. The first-order valence-corrected chi connectivity index (χ1v) is 5.26. The van der Waals surface area contributed by atoms with Crippen molar-refractivity contribution >= 4 is 15.9 Å². The van der Waals surface area contributed by atoms with E-state index in [1.54, 1.807) is 6.20 Å². The molecule has 0 amide bonds. The highest BCUT2D eigenvalue weighted by atomic mass is 79.9. The smallest absolute Gasteiger partial charge is 0.239 e. The minimum absolute atomic E-state index is 0.511. The highest BCUT2D eigenvalue weighted by Crippen LogP contribution is 2.21. The summed E-state index contributed by atoms with van der Waals surface area (Å²) >= 11 is 3.36. The maximum absolute atomic E-state index is 5.52. The summed E-state index contributed by atoms with van der Waals surface area (Å²) in [5, 5.41) is 7.69. The van der Waals surface area contributed by atoms with Gasteiger partial charge in [0.05, 0.1) is 6.20 Å². The number of hydrogen-bond acceptors (Lipinski definition) is 3. The Morgan fingerprint density at radius 3 is 2.60 bits per heavy atom. The second-order valence-corrected chi connectivity index (χ2v) is 4.04. The van der Waals surface area contributed by atoms with Crippen molar-refractivity contribution in [2.24, 2.45) is 0 Å². The third-order valence-electron chi connectivity index (χ3n) is 1.80. The third-order valence-corrected chi connectivity index (χ3v) is 2.33. The van der Waals surface area contributed by atoms with Crippen LogP contribution in [0.15, 0.2) is 41.0 Å². The molecule has 0 radical (unpaired) electrons. The maximum Gasteiger partial charge on any atom is 0.239 e. The van der Waals surface area contributed by atoms with E-state index in [2.05, 4.69) is 26.1 Å². The monoisotopic (exact) mass is 264 g/mol. The van der Waals surface area contributed by atoms with Crippen molar-refractivity contribution in [3.63, 3.8) is 0 Å². The van der Waals surface area contributed by atoms with Gasteiger partial charge in [0, 0.05) is 10.5 Å². The van der Waals surface area contributed by atoms with Gasteiger partial charge in [-0.3, -0.25) is 0 Å². The van der Waals surface area contributed by atoms with Gasteiger partial charge >= 0.3 is 0 Å². The van der Waals surface area contributed by atoms with Crippen molar-refractivity contribution in [1.82, 2.24) is 10.2 Å². The second kappa shape index (κ2) is 4.40. The fraction of sp³-hybridized carbons (Fsp3) is 0.0909.